The van der Waals surface area contributed by atoms with Crippen LogP contribution in [0.1, 0.15) is 17.8 Å². The summed E-state index contributed by atoms with van der Waals surface area (Å²) in [5.41, 5.74) is 2.17. The van der Waals surface area contributed by atoms with Gasteiger partial charge in [-0.3, -0.25) is 4.98 Å². The van der Waals surface area contributed by atoms with Gasteiger partial charge in [0.2, 0.25) is 0 Å². The monoisotopic (exact) mass is 194 g/mol. The van der Waals surface area contributed by atoms with Crippen LogP contribution in [0.5, 0.6) is 0 Å². The number of methoxy groups -OCH3 is 1. The Morgan fingerprint density at radius 2 is 2.29 bits per heavy atom. The van der Waals surface area contributed by atoms with Crippen LogP contribution in [0.25, 0.3) is 0 Å². The zero-order valence-electron chi connectivity index (χ0n) is 8.92. The van der Waals surface area contributed by atoms with Crippen molar-refractivity contribution >= 4 is 0 Å². The van der Waals surface area contributed by atoms with Gasteiger partial charge in [0.25, 0.3) is 0 Å². The maximum Gasteiger partial charge on any atom is 0.0544 e. The van der Waals surface area contributed by atoms with E-state index in [1.54, 1.807) is 7.11 Å². The number of aromatic nitrogens is 1. The van der Waals surface area contributed by atoms with Gasteiger partial charge in [0.1, 0.15) is 0 Å². The second kappa shape index (κ2) is 6.51. The lowest BCUT2D eigenvalue weighted by molar-refractivity contribution is 0.194. The van der Waals surface area contributed by atoms with Gasteiger partial charge in [-0.2, -0.15) is 0 Å². The number of rotatable bonds is 6. The number of pyridine rings is 1. The Morgan fingerprint density at radius 3 is 3.00 bits per heavy atom. The van der Waals surface area contributed by atoms with Gasteiger partial charge in [-0.1, -0.05) is 6.07 Å². The predicted molar refractivity (Wildman–Crippen MR) is 57.2 cm³/mol. The highest BCUT2D eigenvalue weighted by Crippen LogP contribution is 1.97. The van der Waals surface area contributed by atoms with Crippen LogP contribution >= 0.6 is 0 Å². The Morgan fingerprint density at radius 1 is 1.43 bits per heavy atom. The minimum atomic E-state index is 0.814. The SMILES string of the molecule is COCCCNCc1cccc(C)n1. The predicted octanol–water partition coefficient (Wildman–Crippen LogP) is 1.52. The fourth-order valence-electron chi connectivity index (χ4n) is 1.26. The molecule has 0 aliphatic rings. The van der Waals surface area contributed by atoms with Gasteiger partial charge in [0.05, 0.1) is 5.69 Å². The van der Waals surface area contributed by atoms with Gasteiger partial charge in [0, 0.05) is 26.0 Å². The number of hydrogen-bond acceptors (Lipinski definition) is 3. The van der Waals surface area contributed by atoms with E-state index in [0.717, 1.165) is 37.5 Å². The second-order valence-corrected chi connectivity index (χ2v) is 3.29. The van der Waals surface area contributed by atoms with E-state index in [0.29, 0.717) is 0 Å². The molecule has 0 unspecified atom stereocenters. The lowest BCUT2D eigenvalue weighted by Gasteiger charge is -2.04. The molecule has 78 valence electrons. The van der Waals surface area contributed by atoms with Crippen LogP contribution in [0, 0.1) is 6.92 Å². The first-order chi connectivity index (χ1) is 6.83. The molecule has 1 rings (SSSR count). The summed E-state index contributed by atoms with van der Waals surface area (Å²) >= 11 is 0. The molecule has 0 spiro atoms. The number of hydrogen-bond donors (Lipinski definition) is 1. The van der Waals surface area contributed by atoms with E-state index in [4.69, 9.17) is 4.74 Å². The summed E-state index contributed by atoms with van der Waals surface area (Å²) in [6, 6.07) is 6.08. The van der Waals surface area contributed by atoms with Gasteiger partial charge < -0.3 is 10.1 Å². The third-order valence-electron chi connectivity index (χ3n) is 1.95. The van der Waals surface area contributed by atoms with Crippen molar-refractivity contribution in [3.63, 3.8) is 0 Å². The summed E-state index contributed by atoms with van der Waals surface area (Å²) in [7, 11) is 1.72. The van der Waals surface area contributed by atoms with Gasteiger partial charge in [-0.25, -0.2) is 0 Å². The maximum absolute atomic E-state index is 4.96. The minimum Gasteiger partial charge on any atom is -0.385 e. The molecule has 0 aliphatic heterocycles. The molecule has 0 atom stereocenters. The molecule has 0 bridgehead atoms. The Labute approximate surface area is 85.5 Å². The molecule has 1 N–H and O–H groups in total. The zero-order chi connectivity index (χ0) is 10.2. The van der Waals surface area contributed by atoms with Crippen molar-refractivity contribution in [1.29, 1.82) is 0 Å². The van der Waals surface area contributed by atoms with E-state index in [2.05, 4.69) is 10.3 Å². The Kier molecular flexibility index (Phi) is 5.19. The summed E-state index contributed by atoms with van der Waals surface area (Å²) in [5.74, 6) is 0. The Hall–Kier alpha value is -0.930. The smallest absolute Gasteiger partial charge is 0.0544 e. The standard InChI is InChI=1S/C11H18N2O/c1-10-5-3-6-11(13-10)9-12-7-4-8-14-2/h3,5-6,12H,4,7-9H2,1-2H3. The van der Waals surface area contributed by atoms with E-state index < -0.39 is 0 Å². The van der Waals surface area contributed by atoms with Crippen LogP contribution in [-0.2, 0) is 11.3 Å². The quantitative estimate of drug-likeness (QED) is 0.697. The molecule has 3 nitrogen and oxygen atoms in total. The molecule has 0 aromatic carbocycles. The molecule has 1 aromatic rings. The van der Waals surface area contributed by atoms with Crippen LogP contribution in [0.15, 0.2) is 18.2 Å². The first-order valence-corrected chi connectivity index (χ1v) is 4.95. The van der Waals surface area contributed by atoms with Crippen molar-refractivity contribution in [1.82, 2.24) is 10.3 Å². The van der Waals surface area contributed by atoms with Crippen molar-refractivity contribution < 1.29 is 4.74 Å². The van der Waals surface area contributed by atoms with Crippen molar-refractivity contribution in [2.45, 2.75) is 19.9 Å². The van der Waals surface area contributed by atoms with E-state index in [-0.39, 0.29) is 0 Å². The Bertz CT molecular complexity index is 263. The molecule has 0 radical (unpaired) electrons. The fourth-order valence-corrected chi connectivity index (χ4v) is 1.26. The molecular formula is C11H18N2O. The molecule has 0 saturated heterocycles. The summed E-state index contributed by atoms with van der Waals surface area (Å²) in [4.78, 5) is 4.40. The van der Waals surface area contributed by atoms with Gasteiger partial charge in [-0.15, -0.1) is 0 Å². The van der Waals surface area contributed by atoms with E-state index in [1.165, 1.54) is 0 Å². The normalized spacial score (nSPS) is 10.4. The summed E-state index contributed by atoms with van der Waals surface area (Å²) in [6.07, 6.45) is 1.04. The topological polar surface area (TPSA) is 34.1 Å². The molecule has 0 saturated carbocycles. The van der Waals surface area contributed by atoms with Gasteiger partial charge in [-0.05, 0) is 32.0 Å². The molecule has 0 aliphatic carbocycles. The van der Waals surface area contributed by atoms with Crippen molar-refractivity contribution in [3.8, 4) is 0 Å². The summed E-state index contributed by atoms with van der Waals surface area (Å²) in [5, 5.41) is 3.32. The number of ether oxygens (including phenoxy) is 1. The van der Waals surface area contributed by atoms with Crippen molar-refractivity contribution in [2.24, 2.45) is 0 Å². The summed E-state index contributed by atoms with van der Waals surface area (Å²) < 4.78 is 4.96. The molecule has 0 fully saturated rings. The molecule has 14 heavy (non-hydrogen) atoms. The van der Waals surface area contributed by atoms with Gasteiger partial charge >= 0.3 is 0 Å². The highest BCUT2D eigenvalue weighted by molar-refractivity contribution is 5.09. The third-order valence-corrected chi connectivity index (χ3v) is 1.95. The molecular weight excluding hydrogens is 176 g/mol. The fraction of sp³-hybridized carbons (Fsp3) is 0.545. The first-order valence-electron chi connectivity index (χ1n) is 4.95. The second-order valence-electron chi connectivity index (χ2n) is 3.29. The van der Waals surface area contributed by atoms with Crippen molar-refractivity contribution in [2.75, 3.05) is 20.3 Å². The maximum atomic E-state index is 4.96. The summed E-state index contributed by atoms with van der Waals surface area (Å²) in [6.45, 7) is 4.64. The average Bonchev–Trinajstić information content (AvgIpc) is 2.18. The van der Waals surface area contributed by atoms with Crippen LogP contribution in [-0.4, -0.2) is 25.2 Å². The van der Waals surface area contributed by atoms with Crippen LogP contribution < -0.4 is 5.32 Å². The zero-order valence-corrected chi connectivity index (χ0v) is 8.92. The molecule has 3 heteroatoms. The number of aryl methyl sites for hydroxylation is 1. The number of nitrogens with zero attached hydrogens (tertiary/aromatic N) is 1. The van der Waals surface area contributed by atoms with E-state index in [1.807, 2.05) is 25.1 Å². The average molecular weight is 194 g/mol. The Balaban J connectivity index is 2.18. The highest BCUT2D eigenvalue weighted by atomic mass is 16.5. The van der Waals surface area contributed by atoms with E-state index in [9.17, 15) is 0 Å². The lowest BCUT2D eigenvalue weighted by atomic mass is 10.3. The van der Waals surface area contributed by atoms with Crippen LogP contribution in [0.2, 0.25) is 0 Å². The molecule has 1 aromatic heterocycles. The highest BCUT2D eigenvalue weighted by Gasteiger charge is 1.93. The lowest BCUT2D eigenvalue weighted by Crippen LogP contribution is -2.16. The molecule has 1 heterocycles. The minimum absolute atomic E-state index is 0.814. The van der Waals surface area contributed by atoms with Crippen LogP contribution in [0.4, 0.5) is 0 Å². The van der Waals surface area contributed by atoms with E-state index >= 15 is 0 Å². The molecule has 0 amide bonds. The largest absolute Gasteiger partial charge is 0.385 e. The van der Waals surface area contributed by atoms with Crippen LogP contribution in [0.3, 0.4) is 0 Å². The third kappa shape index (κ3) is 4.35. The van der Waals surface area contributed by atoms with Gasteiger partial charge in [0.15, 0.2) is 0 Å². The first kappa shape index (κ1) is 11.1. The van der Waals surface area contributed by atoms with Crippen molar-refractivity contribution in [3.05, 3.63) is 29.6 Å². The number of nitrogens with one attached hydrogen (secondary N) is 1.